The molecule has 2 saturated heterocycles. The topological polar surface area (TPSA) is 153 Å². The third-order valence-electron chi connectivity index (χ3n) is 7.27. The normalized spacial score (nSPS) is 20.7. The highest BCUT2D eigenvalue weighted by atomic mass is 16.4. The second kappa shape index (κ2) is 12.1. The van der Waals surface area contributed by atoms with Crippen molar-refractivity contribution in [3.8, 4) is 5.75 Å². The number of carboxylic acids is 1. The van der Waals surface area contributed by atoms with Crippen molar-refractivity contribution in [2.75, 3.05) is 13.1 Å². The zero-order valence-electron chi connectivity index (χ0n) is 21.2. The molecule has 0 bridgehead atoms. The van der Waals surface area contributed by atoms with Crippen LogP contribution in [0.5, 0.6) is 5.75 Å². The van der Waals surface area contributed by atoms with Crippen LogP contribution >= 0.6 is 0 Å². The van der Waals surface area contributed by atoms with Gasteiger partial charge < -0.3 is 31.1 Å². The van der Waals surface area contributed by atoms with Gasteiger partial charge in [-0.25, -0.2) is 4.79 Å². The molecule has 0 aromatic heterocycles. The Labute approximate surface area is 221 Å². The molecule has 4 rings (SSSR count). The molecule has 2 aromatic carbocycles. The van der Waals surface area contributed by atoms with E-state index in [1.54, 1.807) is 12.1 Å². The fourth-order valence-corrected chi connectivity index (χ4v) is 5.29. The number of benzene rings is 2. The van der Waals surface area contributed by atoms with Gasteiger partial charge in [-0.05, 0) is 55.4 Å². The minimum atomic E-state index is -1.08. The van der Waals surface area contributed by atoms with Crippen molar-refractivity contribution >= 4 is 23.7 Å². The minimum Gasteiger partial charge on any atom is -0.508 e. The molecule has 3 amide bonds. The van der Waals surface area contributed by atoms with E-state index in [0.717, 1.165) is 5.56 Å². The van der Waals surface area contributed by atoms with Crippen LogP contribution in [0.2, 0.25) is 0 Å². The van der Waals surface area contributed by atoms with Gasteiger partial charge in [0.25, 0.3) is 0 Å². The zero-order chi connectivity index (χ0) is 27.2. The van der Waals surface area contributed by atoms with Gasteiger partial charge in [0, 0.05) is 19.5 Å². The van der Waals surface area contributed by atoms with Crippen LogP contribution in [0.3, 0.4) is 0 Å². The summed E-state index contributed by atoms with van der Waals surface area (Å²) in [5.74, 6) is -2.28. The van der Waals surface area contributed by atoms with Crippen LogP contribution in [0.25, 0.3) is 0 Å². The summed E-state index contributed by atoms with van der Waals surface area (Å²) in [5.41, 5.74) is 7.84. The summed E-state index contributed by atoms with van der Waals surface area (Å²) in [5, 5.41) is 22.0. The molecular weight excluding hydrogens is 488 g/mol. The van der Waals surface area contributed by atoms with Crippen molar-refractivity contribution in [1.29, 1.82) is 0 Å². The minimum absolute atomic E-state index is 0.0677. The van der Waals surface area contributed by atoms with Crippen molar-refractivity contribution in [1.82, 2.24) is 15.1 Å². The predicted molar refractivity (Wildman–Crippen MR) is 139 cm³/mol. The molecular formula is C28H34N4O6. The van der Waals surface area contributed by atoms with Gasteiger partial charge in [0.2, 0.25) is 17.7 Å². The Morgan fingerprint density at radius 1 is 0.842 bits per heavy atom. The van der Waals surface area contributed by atoms with Gasteiger partial charge in [0.1, 0.15) is 23.9 Å². The first kappa shape index (κ1) is 27.1. The quantitative estimate of drug-likeness (QED) is 0.384. The predicted octanol–water partition coefficient (Wildman–Crippen LogP) is 1.06. The number of phenolic OH excluding ortho intramolecular Hbond substituents is 1. The van der Waals surface area contributed by atoms with Gasteiger partial charge in [0.15, 0.2) is 0 Å². The highest BCUT2D eigenvalue weighted by Crippen LogP contribution is 2.22. The summed E-state index contributed by atoms with van der Waals surface area (Å²) in [6.45, 7) is 0.684. The first-order chi connectivity index (χ1) is 18.2. The molecule has 0 radical (unpaired) electrons. The smallest absolute Gasteiger partial charge is 0.326 e. The van der Waals surface area contributed by atoms with Crippen LogP contribution in [0, 0.1) is 0 Å². The van der Waals surface area contributed by atoms with Gasteiger partial charge >= 0.3 is 5.97 Å². The lowest BCUT2D eigenvalue weighted by Gasteiger charge is -2.30. The number of phenols is 1. The van der Waals surface area contributed by atoms with E-state index in [2.05, 4.69) is 5.32 Å². The maximum atomic E-state index is 13.5. The standard InChI is InChI=1S/C28H34N4O6/c29-21(16-18-6-2-1-3-7-18)26(35)31-14-4-8-23(31)25(34)30-22(17-19-10-12-20(33)13-11-19)27(36)32-15-5-9-24(32)28(37)38/h1-3,6-7,10-13,21-24,33H,4-5,8-9,14-17,29H2,(H,30,34)(H,37,38). The summed E-state index contributed by atoms with van der Waals surface area (Å²) in [6.07, 6.45) is 2.45. The SMILES string of the molecule is NC(Cc1ccccc1)C(=O)N1CCCC1C(=O)NC(Cc1ccc(O)cc1)C(=O)N1CCCC1C(=O)O. The van der Waals surface area contributed by atoms with E-state index in [1.165, 1.54) is 21.9 Å². The summed E-state index contributed by atoms with van der Waals surface area (Å²) in [4.78, 5) is 54.7. The Kier molecular flexibility index (Phi) is 8.62. The average Bonchev–Trinajstić information content (AvgIpc) is 3.60. The molecule has 5 N–H and O–H groups in total. The third kappa shape index (κ3) is 6.31. The van der Waals surface area contributed by atoms with E-state index in [-0.39, 0.29) is 18.1 Å². The Bertz CT molecular complexity index is 1160. The molecule has 2 heterocycles. The first-order valence-electron chi connectivity index (χ1n) is 13.0. The molecule has 38 heavy (non-hydrogen) atoms. The number of nitrogens with one attached hydrogen (secondary N) is 1. The lowest BCUT2D eigenvalue weighted by atomic mass is 10.0. The van der Waals surface area contributed by atoms with E-state index in [0.29, 0.717) is 50.8 Å². The van der Waals surface area contributed by atoms with Crippen molar-refractivity contribution in [2.24, 2.45) is 5.73 Å². The molecule has 2 fully saturated rings. The molecule has 2 aliphatic rings. The molecule has 0 aliphatic carbocycles. The number of likely N-dealkylation sites (tertiary alicyclic amines) is 2. The van der Waals surface area contributed by atoms with E-state index in [1.807, 2.05) is 30.3 Å². The molecule has 10 nitrogen and oxygen atoms in total. The van der Waals surface area contributed by atoms with E-state index >= 15 is 0 Å². The summed E-state index contributed by atoms with van der Waals surface area (Å²) >= 11 is 0. The van der Waals surface area contributed by atoms with E-state index in [4.69, 9.17) is 5.73 Å². The number of carbonyl (C=O) groups is 4. The van der Waals surface area contributed by atoms with Gasteiger partial charge in [-0.3, -0.25) is 14.4 Å². The van der Waals surface area contributed by atoms with Crippen LogP contribution in [-0.4, -0.2) is 81.0 Å². The van der Waals surface area contributed by atoms with Gasteiger partial charge in [-0.1, -0.05) is 42.5 Å². The number of rotatable bonds is 9. The van der Waals surface area contributed by atoms with Gasteiger partial charge in [-0.2, -0.15) is 0 Å². The fraction of sp³-hybridized carbons (Fsp3) is 0.429. The summed E-state index contributed by atoms with van der Waals surface area (Å²) in [6, 6.07) is 12.1. The largest absolute Gasteiger partial charge is 0.508 e. The van der Waals surface area contributed by atoms with Crippen LogP contribution in [-0.2, 0) is 32.0 Å². The third-order valence-corrected chi connectivity index (χ3v) is 7.27. The maximum absolute atomic E-state index is 13.5. The molecule has 2 aromatic rings. The van der Waals surface area contributed by atoms with Crippen molar-refractivity contribution in [3.63, 3.8) is 0 Å². The second-order valence-electron chi connectivity index (χ2n) is 9.95. The second-order valence-corrected chi connectivity index (χ2v) is 9.95. The number of nitrogens with two attached hydrogens (primary N) is 1. The number of carbonyl (C=O) groups excluding carboxylic acids is 3. The molecule has 2 aliphatic heterocycles. The lowest BCUT2D eigenvalue weighted by Crippen LogP contribution is -2.57. The van der Waals surface area contributed by atoms with Crippen molar-refractivity contribution in [3.05, 3.63) is 65.7 Å². The van der Waals surface area contributed by atoms with E-state index < -0.39 is 42.0 Å². The molecule has 0 spiro atoms. The maximum Gasteiger partial charge on any atom is 0.326 e. The Hall–Kier alpha value is -3.92. The van der Waals surface area contributed by atoms with E-state index in [9.17, 15) is 29.4 Å². The van der Waals surface area contributed by atoms with Crippen LogP contribution in [0.15, 0.2) is 54.6 Å². The van der Waals surface area contributed by atoms with Gasteiger partial charge in [-0.15, -0.1) is 0 Å². The Morgan fingerprint density at radius 3 is 2.05 bits per heavy atom. The molecule has 0 saturated carbocycles. The first-order valence-corrected chi connectivity index (χ1v) is 13.0. The van der Waals surface area contributed by atoms with Crippen molar-refractivity contribution < 1.29 is 29.4 Å². The number of carboxylic acid groups (broad SMARTS) is 1. The number of nitrogens with zero attached hydrogens (tertiary/aromatic N) is 2. The summed E-state index contributed by atoms with van der Waals surface area (Å²) < 4.78 is 0. The monoisotopic (exact) mass is 522 g/mol. The highest BCUT2D eigenvalue weighted by Gasteiger charge is 2.41. The number of amides is 3. The fourth-order valence-electron chi connectivity index (χ4n) is 5.29. The Balaban J connectivity index is 1.49. The number of aliphatic carboxylic acids is 1. The number of aromatic hydroxyl groups is 1. The molecule has 202 valence electrons. The Morgan fingerprint density at radius 2 is 1.42 bits per heavy atom. The molecule has 10 heteroatoms. The molecule has 4 unspecified atom stereocenters. The lowest BCUT2D eigenvalue weighted by molar-refractivity contribution is -0.149. The summed E-state index contributed by atoms with van der Waals surface area (Å²) in [7, 11) is 0. The van der Waals surface area contributed by atoms with Crippen LogP contribution in [0.1, 0.15) is 36.8 Å². The average molecular weight is 523 g/mol. The van der Waals surface area contributed by atoms with Gasteiger partial charge in [0.05, 0.1) is 6.04 Å². The van der Waals surface area contributed by atoms with Crippen molar-refractivity contribution in [2.45, 2.75) is 62.7 Å². The zero-order valence-corrected chi connectivity index (χ0v) is 21.2. The molecule has 4 atom stereocenters. The van der Waals surface area contributed by atoms with Crippen LogP contribution in [0.4, 0.5) is 0 Å². The highest BCUT2D eigenvalue weighted by molar-refractivity contribution is 5.94. The number of hydrogen-bond donors (Lipinski definition) is 4. The van der Waals surface area contributed by atoms with Crippen LogP contribution < -0.4 is 11.1 Å². The number of hydrogen-bond acceptors (Lipinski definition) is 6.